The Kier molecular flexibility index (Phi) is 11.0. The van der Waals surface area contributed by atoms with Crippen molar-refractivity contribution < 1.29 is 9.53 Å². The van der Waals surface area contributed by atoms with Gasteiger partial charge in [-0.3, -0.25) is 4.79 Å². The van der Waals surface area contributed by atoms with Gasteiger partial charge in [0.05, 0.1) is 13.2 Å². The molecule has 0 aliphatic heterocycles. The van der Waals surface area contributed by atoms with Crippen molar-refractivity contribution in [2.24, 2.45) is 5.92 Å². The number of nitrogens with one attached hydrogen (secondary N) is 2. The van der Waals surface area contributed by atoms with E-state index < -0.39 is 0 Å². The van der Waals surface area contributed by atoms with Crippen molar-refractivity contribution in [1.82, 2.24) is 10.6 Å². The van der Waals surface area contributed by atoms with Gasteiger partial charge >= 0.3 is 0 Å². The summed E-state index contributed by atoms with van der Waals surface area (Å²) in [4.78, 5) is 11.3. The molecule has 17 heavy (non-hydrogen) atoms. The standard InChI is InChI=1S/C11H19NO2.C2H7N/c1-2-7-14-8-6-12-11(13)9-10-4-3-5-10;1-3-2/h2,10H,1,3-9H2,(H,12,13);3H,1-2H3. The molecule has 0 atom stereocenters. The predicted molar refractivity (Wildman–Crippen MR) is 71.0 cm³/mol. The Balaban J connectivity index is 0.000000770. The molecule has 100 valence electrons. The molecule has 1 rings (SSSR count). The molecule has 4 nitrogen and oxygen atoms in total. The first kappa shape index (κ1) is 16.1. The van der Waals surface area contributed by atoms with Crippen molar-refractivity contribution in [2.75, 3.05) is 33.9 Å². The molecule has 1 saturated carbocycles. The summed E-state index contributed by atoms with van der Waals surface area (Å²) in [5.41, 5.74) is 0. The second-order valence-corrected chi connectivity index (χ2v) is 4.21. The van der Waals surface area contributed by atoms with Crippen LogP contribution in [0, 0.1) is 5.92 Å². The van der Waals surface area contributed by atoms with Gasteiger partial charge in [0.1, 0.15) is 0 Å². The number of rotatable bonds is 7. The van der Waals surface area contributed by atoms with E-state index in [0.29, 0.717) is 32.1 Å². The van der Waals surface area contributed by atoms with Crippen LogP contribution >= 0.6 is 0 Å². The highest BCUT2D eigenvalue weighted by Gasteiger charge is 2.19. The third-order valence-corrected chi connectivity index (χ3v) is 2.50. The largest absolute Gasteiger partial charge is 0.376 e. The van der Waals surface area contributed by atoms with Crippen LogP contribution in [0.1, 0.15) is 25.7 Å². The second-order valence-electron chi connectivity index (χ2n) is 4.21. The van der Waals surface area contributed by atoms with E-state index in [1.165, 1.54) is 19.3 Å². The van der Waals surface area contributed by atoms with Gasteiger partial charge in [0.15, 0.2) is 0 Å². The monoisotopic (exact) mass is 242 g/mol. The summed E-state index contributed by atoms with van der Waals surface area (Å²) in [6.07, 6.45) is 6.14. The quantitative estimate of drug-likeness (QED) is 0.523. The molecule has 0 aromatic carbocycles. The maximum absolute atomic E-state index is 11.3. The lowest BCUT2D eigenvalue weighted by Crippen LogP contribution is -2.30. The predicted octanol–water partition coefficient (Wildman–Crippen LogP) is 1.33. The van der Waals surface area contributed by atoms with Crippen molar-refractivity contribution in [3.63, 3.8) is 0 Å². The minimum atomic E-state index is 0.164. The van der Waals surface area contributed by atoms with E-state index in [-0.39, 0.29) is 5.91 Å². The molecule has 2 N–H and O–H groups in total. The molecular formula is C13H26N2O2. The van der Waals surface area contributed by atoms with Gasteiger partial charge in [-0.05, 0) is 32.9 Å². The lowest BCUT2D eigenvalue weighted by Gasteiger charge is -2.24. The van der Waals surface area contributed by atoms with Gasteiger partial charge in [0.2, 0.25) is 5.91 Å². The Bertz CT molecular complexity index is 204. The summed E-state index contributed by atoms with van der Waals surface area (Å²) in [7, 11) is 3.75. The van der Waals surface area contributed by atoms with E-state index in [0.717, 1.165) is 0 Å². The van der Waals surface area contributed by atoms with Crippen molar-refractivity contribution in [3.05, 3.63) is 12.7 Å². The third kappa shape index (κ3) is 10.0. The Morgan fingerprint density at radius 3 is 2.59 bits per heavy atom. The zero-order valence-corrected chi connectivity index (χ0v) is 11.1. The minimum absolute atomic E-state index is 0.164. The lowest BCUT2D eigenvalue weighted by molar-refractivity contribution is -0.122. The number of carbonyl (C=O) groups is 1. The molecular weight excluding hydrogens is 216 g/mol. The number of amides is 1. The lowest BCUT2D eigenvalue weighted by atomic mass is 9.83. The van der Waals surface area contributed by atoms with Crippen LogP contribution in [0.4, 0.5) is 0 Å². The zero-order valence-electron chi connectivity index (χ0n) is 11.1. The van der Waals surface area contributed by atoms with Crippen molar-refractivity contribution in [2.45, 2.75) is 25.7 Å². The summed E-state index contributed by atoms with van der Waals surface area (Å²) < 4.78 is 5.15. The maximum Gasteiger partial charge on any atom is 0.220 e. The molecule has 0 radical (unpaired) electrons. The van der Waals surface area contributed by atoms with Gasteiger partial charge in [0.25, 0.3) is 0 Å². The summed E-state index contributed by atoms with van der Waals surface area (Å²) in [6, 6.07) is 0. The Morgan fingerprint density at radius 1 is 1.47 bits per heavy atom. The average molecular weight is 242 g/mol. The van der Waals surface area contributed by atoms with Gasteiger partial charge in [0, 0.05) is 13.0 Å². The first-order valence-electron chi connectivity index (χ1n) is 6.28. The Morgan fingerprint density at radius 2 is 2.12 bits per heavy atom. The van der Waals surface area contributed by atoms with Gasteiger partial charge in [-0.25, -0.2) is 0 Å². The first-order chi connectivity index (χ1) is 8.24. The van der Waals surface area contributed by atoms with E-state index in [4.69, 9.17) is 4.74 Å². The van der Waals surface area contributed by atoms with E-state index in [1.54, 1.807) is 6.08 Å². The van der Waals surface area contributed by atoms with Crippen LogP contribution in [0.5, 0.6) is 0 Å². The van der Waals surface area contributed by atoms with Crippen LogP contribution in [-0.2, 0) is 9.53 Å². The van der Waals surface area contributed by atoms with Crippen molar-refractivity contribution in [1.29, 1.82) is 0 Å². The second kappa shape index (κ2) is 11.6. The molecule has 1 aliphatic rings. The normalized spacial score (nSPS) is 14.2. The highest BCUT2D eigenvalue weighted by atomic mass is 16.5. The van der Waals surface area contributed by atoms with Crippen molar-refractivity contribution in [3.8, 4) is 0 Å². The van der Waals surface area contributed by atoms with Gasteiger partial charge < -0.3 is 15.4 Å². The number of hydrogen-bond donors (Lipinski definition) is 2. The molecule has 1 aliphatic carbocycles. The molecule has 0 aromatic heterocycles. The molecule has 0 unspecified atom stereocenters. The Labute approximate surface area is 105 Å². The summed E-state index contributed by atoms with van der Waals surface area (Å²) in [5, 5.41) is 5.59. The van der Waals surface area contributed by atoms with Crippen LogP contribution in [0.15, 0.2) is 12.7 Å². The van der Waals surface area contributed by atoms with E-state index in [2.05, 4.69) is 17.2 Å². The smallest absolute Gasteiger partial charge is 0.220 e. The Hall–Kier alpha value is -0.870. The SMILES string of the molecule is C=CCOCCNC(=O)CC1CCC1.CNC. The third-order valence-electron chi connectivity index (χ3n) is 2.50. The van der Waals surface area contributed by atoms with Crippen LogP contribution in [0.3, 0.4) is 0 Å². The first-order valence-corrected chi connectivity index (χ1v) is 6.28. The van der Waals surface area contributed by atoms with Crippen LogP contribution in [0.25, 0.3) is 0 Å². The highest BCUT2D eigenvalue weighted by molar-refractivity contribution is 5.76. The zero-order chi connectivity index (χ0) is 12.9. The fraction of sp³-hybridized carbons (Fsp3) is 0.769. The molecule has 1 amide bonds. The molecule has 0 spiro atoms. The van der Waals surface area contributed by atoms with Crippen molar-refractivity contribution >= 4 is 5.91 Å². The maximum atomic E-state index is 11.3. The number of carbonyl (C=O) groups excluding carboxylic acids is 1. The van der Waals surface area contributed by atoms with E-state index in [1.807, 2.05) is 14.1 Å². The molecule has 0 bridgehead atoms. The highest BCUT2D eigenvalue weighted by Crippen LogP contribution is 2.28. The van der Waals surface area contributed by atoms with Crippen LogP contribution in [0.2, 0.25) is 0 Å². The fourth-order valence-electron chi connectivity index (χ4n) is 1.46. The average Bonchev–Trinajstić information content (AvgIpc) is 2.24. The number of ether oxygens (including phenoxy) is 1. The van der Waals surface area contributed by atoms with Gasteiger partial charge in [-0.2, -0.15) is 0 Å². The van der Waals surface area contributed by atoms with Crippen LogP contribution in [-0.4, -0.2) is 39.8 Å². The molecule has 0 heterocycles. The van der Waals surface area contributed by atoms with Crippen LogP contribution < -0.4 is 10.6 Å². The topological polar surface area (TPSA) is 50.4 Å². The molecule has 0 saturated heterocycles. The van der Waals surface area contributed by atoms with Gasteiger partial charge in [-0.15, -0.1) is 6.58 Å². The van der Waals surface area contributed by atoms with E-state index in [9.17, 15) is 4.79 Å². The van der Waals surface area contributed by atoms with E-state index >= 15 is 0 Å². The summed E-state index contributed by atoms with van der Waals surface area (Å²) in [6.45, 7) is 5.28. The van der Waals surface area contributed by atoms with Gasteiger partial charge in [-0.1, -0.05) is 12.5 Å². The summed E-state index contributed by atoms with van der Waals surface area (Å²) >= 11 is 0. The molecule has 4 heteroatoms. The summed E-state index contributed by atoms with van der Waals surface area (Å²) in [5.74, 6) is 0.806. The minimum Gasteiger partial charge on any atom is -0.376 e. The molecule has 1 fully saturated rings. The fourth-order valence-corrected chi connectivity index (χ4v) is 1.46. The number of hydrogen-bond acceptors (Lipinski definition) is 3. The molecule has 0 aromatic rings.